The zero-order chi connectivity index (χ0) is 25.7. The first-order valence-corrected chi connectivity index (χ1v) is 13.0. The van der Waals surface area contributed by atoms with Crippen LogP contribution in [0.1, 0.15) is 39.7 Å². The molecule has 10 heteroatoms. The van der Waals surface area contributed by atoms with E-state index in [0.29, 0.717) is 11.4 Å². The number of hydrogen-bond donors (Lipinski definition) is 1. The van der Waals surface area contributed by atoms with E-state index in [4.69, 9.17) is 11.6 Å². The van der Waals surface area contributed by atoms with Gasteiger partial charge in [0, 0.05) is 17.1 Å². The summed E-state index contributed by atoms with van der Waals surface area (Å²) in [5.74, 6) is -1.44. The van der Waals surface area contributed by atoms with Crippen molar-refractivity contribution in [3.63, 3.8) is 0 Å². The lowest BCUT2D eigenvalue weighted by molar-refractivity contribution is -0.141. The molecule has 0 aliphatic heterocycles. The highest BCUT2D eigenvalue weighted by atomic mass is 35.5. The Bertz CT molecular complexity index is 1100. The van der Waals surface area contributed by atoms with Crippen molar-refractivity contribution in [2.24, 2.45) is 0 Å². The lowest BCUT2D eigenvalue weighted by Gasteiger charge is -2.34. The Hall–Kier alpha value is -2.65. The molecule has 0 aromatic heterocycles. The third-order valence-corrected chi connectivity index (χ3v) is 6.34. The molecule has 0 saturated carbocycles. The fraction of sp³-hybridized carbons (Fsp3) is 0.417. The summed E-state index contributed by atoms with van der Waals surface area (Å²) in [5, 5.41) is 3.42. The van der Waals surface area contributed by atoms with Crippen LogP contribution in [0.2, 0.25) is 5.02 Å². The number of benzene rings is 2. The first-order valence-electron chi connectivity index (χ1n) is 10.8. The molecule has 1 atom stereocenters. The number of rotatable bonds is 9. The van der Waals surface area contributed by atoms with Gasteiger partial charge in [-0.05, 0) is 69.2 Å². The van der Waals surface area contributed by atoms with Gasteiger partial charge in [0.25, 0.3) is 0 Å². The highest BCUT2D eigenvalue weighted by Gasteiger charge is 2.33. The van der Waals surface area contributed by atoms with Gasteiger partial charge in [-0.3, -0.25) is 13.9 Å². The summed E-state index contributed by atoms with van der Waals surface area (Å²) in [5.41, 5.74) is 0.357. The van der Waals surface area contributed by atoms with Crippen LogP contribution < -0.4 is 9.62 Å². The van der Waals surface area contributed by atoms with Gasteiger partial charge in [-0.2, -0.15) is 0 Å². The SMILES string of the molecule is CC[C@H](C(=O)NC(C)(C)C)N(Cc1ccc(Cl)cc1)C(=O)CN(c1ccc(F)cc1)S(C)(=O)=O. The van der Waals surface area contributed by atoms with Crippen LogP contribution in [0, 0.1) is 5.82 Å². The predicted octanol–water partition coefficient (Wildman–Crippen LogP) is 3.97. The molecule has 186 valence electrons. The van der Waals surface area contributed by atoms with E-state index in [1.54, 1.807) is 31.2 Å². The summed E-state index contributed by atoms with van der Waals surface area (Å²) in [7, 11) is -3.87. The number of halogens is 2. The van der Waals surface area contributed by atoms with Crippen LogP contribution in [0.15, 0.2) is 48.5 Å². The Kier molecular flexibility index (Phi) is 9.08. The molecule has 2 aromatic rings. The first-order chi connectivity index (χ1) is 15.7. The first kappa shape index (κ1) is 27.6. The Balaban J connectivity index is 2.43. The third-order valence-electron chi connectivity index (χ3n) is 4.94. The van der Waals surface area contributed by atoms with Gasteiger partial charge in [0.15, 0.2) is 0 Å². The zero-order valence-electron chi connectivity index (χ0n) is 20.0. The second-order valence-electron chi connectivity index (χ2n) is 9.06. The number of carbonyl (C=O) groups is 2. The van der Waals surface area contributed by atoms with E-state index in [1.807, 2.05) is 20.8 Å². The summed E-state index contributed by atoms with van der Waals surface area (Å²) in [4.78, 5) is 28.0. The molecule has 7 nitrogen and oxygen atoms in total. The minimum atomic E-state index is -3.87. The number of sulfonamides is 1. The second kappa shape index (κ2) is 11.2. The molecule has 2 rings (SSSR count). The average molecular weight is 512 g/mol. The Morgan fingerprint density at radius 3 is 2.09 bits per heavy atom. The maximum atomic E-state index is 13.5. The van der Waals surface area contributed by atoms with E-state index < -0.39 is 39.9 Å². The van der Waals surface area contributed by atoms with Gasteiger partial charge in [-0.25, -0.2) is 12.8 Å². The lowest BCUT2D eigenvalue weighted by Crippen LogP contribution is -2.55. The fourth-order valence-corrected chi connectivity index (χ4v) is 4.36. The maximum absolute atomic E-state index is 13.5. The van der Waals surface area contributed by atoms with Crippen LogP contribution >= 0.6 is 11.6 Å². The molecule has 0 radical (unpaired) electrons. The Morgan fingerprint density at radius 2 is 1.62 bits per heavy atom. The van der Waals surface area contributed by atoms with E-state index in [-0.39, 0.29) is 18.1 Å². The summed E-state index contributed by atoms with van der Waals surface area (Å²) < 4.78 is 39.3. The van der Waals surface area contributed by atoms with Crippen molar-refractivity contribution in [2.75, 3.05) is 17.1 Å². The second-order valence-corrected chi connectivity index (χ2v) is 11.4. The van der Waals surface area contributed by atoms with E-state index >= 15 is 0 Å². The molecule has 0 saturated heterocycles. The highest BCUT2D eigenvalue weighted by molar-refractivity contribution is 7.92. The van der Waals surface area contributed by atoms with Crippen LogP contribution in [0.25, 0.3) is 0 Å². The Morgan fingerprint density at radius 1 is 1.06 bits per heavy atom. The van der Waals surface area contributed by atoms with Crippen molar-refractivity contribution < 1.29 is 22.4 Å². The lowest BCUT2D eigenvalue weighted by atomic mass is 10.1. The molecule has 1 N–H and O–H groups in total. The molecule has 0 aliphatic carbocycles. The number of nitrogens with one attached hydrogen (secondary N) is 1. The van der Waals surface area contributed by atoms with E-state index in [1.165, 1.54) is 17.0 Å². The molecular formula is C24H31ClFN3O4S. The van der Waals surface area contributed by atoms with Gasteiger partial charge in [0.05, 0.1) is 11.9 Å². The number of amides is 2. The quantitative estimate of drug-likeness (QED) is 0.552. The van der Waals surface area contributed by atoms with Gasteiger partial charge < -0.3 is 10.2 Å². The summed E-state index contributed by atoms with van der Waals surface area (Å²) in [6.45, 7) is 6.82. The van der Waals surface area contributed by atoms with Crippen LogP contribution in [0.3, 0.4) is 0 Å². The van der Waals surface area contributed by atoms with Gasteiger partial charge in [-0.1, -0.05) is 30.7 Å². The van der Waals surface area contributed by atoms with Crippen LogP contribution in [-0.4, -0.2) is 49.5 Å². The standard InChI is InChI=1S/C24H31ClFN3O4S/c1-6-21(23(31)27-24(2,3)4)28(15-17-7-9-18(25)10-8-17)22(30)16-29(34(5,32)33)20-13-11-19(26)12-14-20/h7-14,21H,6,15-16H2,1-5H3,(H,27,31)/t21-/m1/s1. The Labute approximate surface area is 205 Å². The molecule has 0 spiro atoms. The summed E-state index contributed by atoms with van der Waals surface area (Å²) in [6, 6.07) is 10.8. The number of nitrogens with zero attached hydrogens (tertiary/aromatic N) is 2. The predicted molar refractivity (Wildman–Crippen MR) is 133 cm³/mol. The smallest absolute Gasteiger partial charge is 0.244 e. The third kappa shape index (κ3) is 7.99. The van der Waals surface area contributed by atoms with Crippen molar-refractivity contribution in [3.05, 3.63) is 64.9 Å². The van der Waals surface area contributed by atoms with Crippen molar-refractivity contribution in [3.8, 4) is 0 Å². The van der Waals surface area contributed by atoms with E-state index in [2.05, 4.69) is 5.32 Å². The van der Waals surface area contributed by atoms with Crippen LogP contribution in [0.5, 0.6) is 0 Å². The molecular weight excluding hydrogens is 481 g/mol. The largest absolute Gasteiger partial charge is 0.350 e. The number of carbonyl (C=O) groups excluding carboxylic acids is 2. The molecule has 2 aromatic carbocycles. The van der Waals surface area contributed by atoms with Gasteiger partial charge in [0.2, 0.25) is 21.8 Å². The molecule has 0 fully saturated rings. The fourth-order valence-electron chi connectivity index (χ4n) is 3.38. The van der Waals surface area contributed by atoms with Crippen molar-refractivity contribution in [1.82, 2.24) is 10.2 Å². The van der Waals surface area contributed by atoms with Crippen molar-refractivity contribution in [1.29, 1.82) is 0 Å². The molecule has 0 aliphatic rings. The summed E-state index contributed by atoms with van der Waals surface area (Å²) >= 11 is 5.98. The molecule has 34 heavy (non-hydrogen) atoms. The number of hydrogen-bond acceptors (Lipinski definition) is 4. The molecule has 0 heterocycles. The van der Waals surface area contributed by atoms with E-state index in [0.717, 1.165) is 28.3 Å². The molecule has 0 unspecified atom stereocenters. The van der Waals surface area contributed by atoms with Gasteiger partial charge in [-0.15, -0.1) is 0 Å². The summed E-state index contributed by atoms with van der Waals surface area (Å²) in [6.07, 6.45) is 1.29. The van der Waals surface area contributed by atoms with Gasteiger partial charge >= 0.3 is 0 Å². The minimum Gasteiger partial charge on any atom is -0.350 e. The normalized spacial score (nSPS) is 12.7. The highest BCUT2D eigenvalue weighted by Crippen LogP contribution is 2.21. The zero-order valence-corrected chi connectivity index (χ0v) is 21.6. The monoisotopic (exact) mass is 511 g/mol. The van der Waals surface area contributed by atoms with Gasteiger partial charge in [0.1, 0.15) is 18.4 Å². The van der Waals surface area contributed by atoms with Crippen LogP contribution in [-0.2, 0) is 26.2 Å². The van der Waals surface area contributed by atoms with E-state index in [9.17, 15) is 22.4 Å². The topological polar surface area (TPSA) is 86.8 Å². The molecule has 2 amide bonds. The minimum absolute atomic E-state index is 0.0765. The van der Waals surface area contributed by atoms with Crippen LogP contribution in [0.4, 0.5) is 10.1 Å². The van der Waals surface area contributed by atoms with Crippen molar-refractivity contribution in [2.45, 2.75) is 52.2 Å². The van der Waals surface area contributed by atoms with Crippen molar-refractivity contribution >= 4 is 39.1 Å². The number of anilines is 1. The average Bonchev–Trinajstić information content (AvgIpc) is 2.72. The maximum Gasteiger partial charge on any atom is 0.244 e. The molecule has 0 bridgehead atoms.